The third kappa shape index (κ3) is 2.89. The van der Waals surface area contributed by atoms with Crippen LogP contribution in [0.25, 0.3) is 0 Å². The van der Waals surface area contributed by atoms with E-state index in [9.17, 15) is 14.9 Å². The maximum Gasteiger partial charge on any atom is 0.270 e. The molecule has 0 bridgehead atoms. The molecule has 0 saturated heterocycles. The second-order valence-corrected chi connectivity index (χ2v) is 5.28. The molecule has 3 rings (SSSR count). The monoisotopic (exact) mass is 322 g/mol. The Hall–Kier alpha value is -2.55. The van der Waals surface area contributed by atoms with Gasteiger partial charge >= 0.3 is 0 Å². The van der Waals surface area contributed by atoms with Gasteiger partial charge < -0.3 is 5.32 Å². The highest BCUT2D eigenvalue weighted by molar-refractivity contribution is 6.33. The highest BCUT2D eigenvalue weighted by atomic mass is 35.5. The number of nitro benzene ring substituents is 1. The predicted octanol–water partition coefficient (Wildman–Crippen LogP) is 1.50. The maximum atomic E-state index is 12.1. The summed E-state index contributed by atoms with van der Waals surface area (Å²) in [4.78, 5) is 22.3. The third-order valence-corrected chi connectivity index (χ3v) is 3.60. The summed E-state index contributed by atoms with van der Waals surface area (Å²) < 4.78 is 1.68. The van der Waals surface area contributed by atoms with Crippen LogP contribution in [0.3, 0.4) is 0 Å². The van der Waals surface area contributed by atoms with E-state index in [4.69, 9.17) is 11.6 Å². The molecule has 0 unspecified atom stereocenters. The first-order valence-electron chi connectivity index (χ1n) is 6.55. The number of benzene rings is 1. The number of amides is 1. The molecule has 1 aliphatic carbocycles. The molecule has 1 amide bonds. The molecule has 0 spiro atoms. The summed E-state index contributed by atoms with van der Waals surface area (Å²) in [6.07, 6.45) is 2.03. The number of rotatable bonds is 5. The van der Waals surface area contributed by atoms with E-state index in [-0.39, 0.29) is 22.8 Å². The van der Waals surface area contributed by atoms with E-state index in [0.717, 1.165) is 18.9 Å². The first-order valence-corrected chi connectivity index (χ1v) is 6.93. The lowest BCUT2D eigenvalue weighted by atomic mass is 10.2. The fourth-order valence-electron chi connectivity index (χ4n) is 1.99. The van der Waals surface area contributed by atoms with E-state index in [1.807, 2.05) is 0 Å². The van der Waals surface area contributed by atoms with Crippen molar-refractivity contribution in [2.24, 2.45) is 0 Å². The summed E-state index contributed by atoms with van der Waals surface area (Å²) in [7, 11) is 0. The van der Waals surface area contributed by atoms with Gasteiger partial charge in [0, 0.05) is 12.1 Å². The molecule has 114 valence electrons. The van der Waals surface area contributed by atoms with Crippen LogP contribution in [0.2, 0.25) is 5.02 Å². The molecule has 1 saturated carbocycles. The average Bonchev–Trinajstić information content (AvgIpc) is 3.23. The van der Waals surface area contributed by atoms with Gasteiger partial charge in [-0.25, -0.2) is 4.68 Å². The van der Waals surface area contributed by atoms with Crippen LogP contribution in [-0.4, -0.2) is 31.0 Å². The van der Waals surface area contributed by atoms with Crippen LogP contribution in [0, 0.1) is 10.1 Å². The van der Waals surface area contributed by atoms with Crippen molar-refractivity contribution in [3.05, 3.63) is 44.7 Å². The molecule has 1 aliphatic rings. The molecule has 9 nitrogen and oxygen atoms in total. The van der Waals surface area contributed by atoms with Crippen LogP contribution in [0.4, 0.5) is 5.69 Å². The van der Waals surface area contributed by atoms with E-state index in [1.54, 1.807) is 4.68 Å². The van der Waals surface area contributed by atoms with E-state index in [1.165, 1.54) is 12.1 Å². The second-order valence-electron chi connectivity index (χ2n) is 4.87. The average molecular weight is 323 g/mol. The Morgan fingerprint density at radius 1 is 1.50 bits per heavy atom. The van der Waals surface area contributed by atoms with Gasteiger partial charge in [0.2, 0.25) is 0 Å². The molecule has 0 aliphatic heterocycles. The van der Waals surface area contributed by atoms with Gasteiger partial charge in [0.25, 0.3) is 11.6 Å². The van der Waals surface area contributed by atoms with Gasteiger partial charge in [-0.1, -0.05) is 11.6 Å². The SMILES string of the molecule is O=C(NCc1nnnn1C1CC1)c1cc([N+](=O)[O-])ccc1Cl. The van der Waals surface area contributed by atoms with Crippen LogP contribution >= 0.6 is 11.6 Å². The Kier molecular flexibility index (Phi) is 3.72. The smallest absolute Gasteiger partial charge is 0.270 e. The third-order valence-electron chi connectivity index (χ3n) is 3.27. The zero-order chi connectivity index (χ0) is 15.7. The summed E-state index contributed by atoms with van der Waals surface area (Å²) in [6.45, 7) is 0.126. The molecule has 10 heteroatoms. The topological polar surface area (TPSA) is 116 Å². The summed E-state index contributed by atoms with van der Waals surface area (Å²) in [5.41, 5.74) is -0.154. The van der Waals surface area contributed by atoms with Gasteiger partial charge in [0.05, 0.1) is 28.1 Å². The highest BCUT2D eigenvalue weighted by Gasteiger charge is 2.27. The van der Waals surface area contributed by atoms with Crippen molar-refractivity contribution >= 4 is 23.2 Å². The minimum absolute atomic E-state index is 0.0429. The van der Waals surface area contributed by atoms with E-state index in [2.05, 4.69) is 20.8 Å². The van der Waals surface area contributed by atoms with E-state index < -0.39 is 10.8 Å². The second kappa shape index (κ2) is 5.68. The zero-order valence-corrected chi connectivity index (χ0v) is 12.0. The van der Waals surface area contributed by atoms with Crippen molar-refractivity contribution < 1.29 is 9.72 Å². The van der Waals surface area contributed by atoms with Crippen molar-refractivity contribution in [3.8, 4) is 0 Å². The number of nitrogens with zero attached hydrogens (tertiary/aromatic N) is 5. The number of tetrazole rings is 1. The molecule has 1 aromatic carbocycles. The summed E-state index contributed by atoms with van der Waals surface area (Å²) in [6, 6.07) is 4.00. The van der Waals surface area contributed by atoms with Gasteiger partial charge in [-0.05, 0) is 29.3 Å². The minimum Gasteiger partial charge on any atom is -0.345 e. The van der Waals surface area contributed by atoms with E-state index in [0.29, 0.717) is 11.9 Å². The molecule has 0 radical (unpaired) electrons. The summed E-state index contributed by atoms with van der Waals surface area (Å²) >= 11 is 5.92. The van der Waals surface area contributed by atoms with Crippen molar-refractivity contribution in [3.63, 3.8) is 0 Å². The molecule has 0 atom stereocenters. The lowest BCUT2D eigenvalue weighted by Crippen LogP contribution is -2.25. The summed E-state index contributed by atoms with van der Waals surface area (Å²) in [5.74, 6) is 0.0245. The van der Waals surface area contributed by atoms with Gasteiger partial charge in [-0.2, -0.15) is 0 Å². The number of nitro groups is 1. The van der Waals surface area contributed by atoms with Gasteiger partial charge in [-0.3, -0.25) is 14.9 Å². The Morgan fingerprint density at radius 3 is 2.95 bits per heavy atom. The van der Waals surface area contributed by atoms with Crippen molar-refractivity contribution in [2.45, 2.75) is 25.4 Å². The zero-order valence-electron chi connectivity index (χ0n) is 11.3. The normalized spacial score (nSPS) is 13.9. The molecule has 1 N–H and O–H groups in total. The Labute approximate surface area is 129 Å². The highest BCUT2D eigenvalue weighted by Crippen LogP contribution is 2.34. The van der Waals surface area contributed by atoms with Gasteiger partial charge in [-0.15, -0.1) is 5.10 Å². The fraction of sp³-hybridized carbons (Fsp3) is 0.333. The quantitative estimate of drug-likeness (QED) is 0.658. The van der Waals surface area contributed by atoms with Crippen LogP contribution in [0.15, 0.2) is 18.2 Å². The van der Waals surface area contributed by atoms with Crippen molar-refractivity contribution in [1.29, 1.82) is 0 Å². The number of nitrogens with one attached hydrogen (secondary N) is 1. The van der Waals surface area contributed by atoms with Crippen molar-refractivity contribution in [2.75, 3.05) is 0 Å². The predicted molar refractivity (Wildman–Crippen MR) is 75.4 cm³/mol. The number of hydrogen-bond donors (Lipinski definition) is 1. The molecule has 1 aromatic heterocycles. The minimum atomic E-state index is -0.583. The maximum absolute atomic E-state index is 12.1. The largest absolute Gasteiger partial charge is 0.345 e. The number of carbonyl (C=O) groups excluding carboxylic acids is 1. The van der Waals surface area contributed by atoms with Gasteiger partial charge in [0.15, 0.2) is 5.82 Å². The number of aromatic nitrogens is 4. The number of carbonyl (C=O) groups is 1. The first kappa shape index (κ1) is 14.4. The lowest BCUT2D eigenvalue weighted by molar-refractivity contribution is -0.384. The van der Waals surface area contributed by atoms with Crippen LogP contribution < -0.4 is 5.32 Å². The molecule has 22 heavy (non-hydrogen) atoms. The Balaban J connectivity index is 1.73. The molecular formula is C12H11ClN6O3. The Bertz CT molecular complexity index is 742. The number of halogens is 1. The molecule has 1 fully saturated rings. The van der Waals surface area contributed by atoms with E-state index >= 15 is 0 Å². The number of non-ortho nitro benzene ring substituents is 1. The lowest BCUT2D eigenvalue weighted by Gasteiger charge is -2.07. The number of hydrogen-bond acceptors (Lipinski definition) is 6. The van der Waals surface area contributed by atoms with Crippen LogP contribution in [-0.2, 0) is 6.54 Å². The van der Waals surface area contributed by atoms with Crippen LogP contribution in [0.5, 0.6) is 0 Å². The van der Waals surface area contributed by atoms with Crippen molar-refractivity contribution in [1.82, 2.24) is 25.5 Å². The van der Waals surface area contributed by atoms with Crippen LogP contribution in [0.1, 0.15) is 35.1 Å². The molecule has 1 heterocycles. The fourth-order valence-corrected chi connectivity index (χ4v) is 2.19. The first-order chi connectivity index (χ1) is 10.6. The Morgan fingerprint density at radius 2 is 2.27 bits per heavy atom. The summed E-state index contributed by atoms with van der Waals surface area (Å²) in [5, 5.41) is 24.8. The van der Waals surface area contributed by atoms with Gasteiger partial charge in [0.1, 0.15) is 0 Å². The molecule has 2 aromatic rings. The standard InChI is InChI=1S/C12H11ClN6O3/c13-10-4-3-8(19(21)22)5-9(10)12(20)14-6-11-15-16-17-18(11)7-1-2-7/h3-5,7H,1-2,6H2,(H,14,20). The molecular weight excluding hydrogens is 312 g/mol.